The molecule has 0 aromatic heterocycles. The highest BCUT2D eigenvalue weighted by Gasteiger charge is 2.24. The van der Waals surface area contributed by atoms with Gasteiger partial charge in [-0.15, -0.1) is 0 Å². The van der Waals surface area contributed by atoms with E-state index in [0.29, 0.717) is 0 Å². The maximum Gasteiger partial charge on any atom is 0.326 e. The molecule has 0 aliphatic heterocycles. The molecule has 0 saturated carbocycles. The van der Waals surface area contributed by atoms with E-state index < -0.39 is 24.0 Å². The summed E-state index contributed by atoms with van der Waals surface area (Å²) in [5.74, 6) is -2.86. The summed E-state index contributed by atoms with van der Waals surface area (Å²) in [5, 5.41) is 22.0. The Balaban J connectivity index is 4.59. The van der Waals surface area contributed by atoms with E-state index in [1.54, 1.807) is 6.92 Å². The summed E-state index contributed by atoms with van der Waals surface area (Å²) >= 11 is 0. The van der Waals surface area contributed by atoms with Crippen molar-refractivity contribution in [2.75, 3.05) is 20.1 Å². The molecule has 0 heterocycles. The Hall–Kier alpha value is -2.32. The van der Waals surface area contributed by atoms with E-state index >= 15 is 0 Å². The first kappa shape index (κ1) is 17.7. The number of nitrogens with zero attached hydrogens (tertiary/aromatic N) is 1. The molecule has 9 heteroatoms. The molecule has 4 N–H and O–H groups in total. The second kappa shape index (κ2) is 8.73. The van der Waals surface area contributed by atoms with Gasteiger partial charge in [0, 0.05) is 20.0 Å². The average Bonchev–Trinajstić information content (AvgIpc) is 2.39. The van der Waals surface area contributed by atoms with Gasteiger partial charge in [0.25, 0.3) is 0 Å². The van der Waals surface area contributed by atoms with Crippen LogP contribution in [0, 0.1) is 0 Å². The first-order chi connectivity index (χ1) is 9.31. The summed E-state index contributed by atoms with van der Waals surface area (Å²) in [6, 6.07) is -2.04. The minimum atomic E-state index is -1.32. The molecular formula is C11H19N3O6. The Labute approximate surface area is 115 Å². The van der Waals surface area contributed by atoms with Gasteiger partial charge in [0.15, 0.2) is 0 Å². The predicted molar refractivity (Wildman–Crippen MR) is 68.1 cm³/mol. The summed E-state index contributed by atoms with van der Waals surface area (Å²) in [7, 11) is 1.42. The number of carbonyl (C=O) groups is 4. The molecule has 0 fully saturated rings. The Morgan fingerprint density at radius 3 is 2.20 bits per heavy atom. The molecule has 0 aromatic rings. The summed E-state index contributed by atoms with van der Waals surface area (Å²) in [6.45, 7) is 1.64. The topological polar surface area (TPSA) is 136 Å². The van der Waals surface area contributed by atoms with Crippen LogP contribution in [0.5, 0.6) is 0 Å². The maximum atomic E-state index is 11.8. The smallest absolute Gasteiger partial charge is 0.326 e. The molecule has 1 atom stereocenters. The predicted octanol–water partition coefficient (Wildman–Crippen LogP) is -0.918. The zero-order chi connectivity index (χ0) is 15.7. The SMILES string of the molecule is CCN(CC(=O)NC)C(=O)N[C@@H](CCC(=O)O)C(=O)O. The van der Waals surface area contributed by atoms with Crippen molar-refractivity contribution in [2.45, 2.75) is 25.8 Å². The lowest BCUT2D eigenvalue weighted by molar-refractivity contribution is -0.140. The van der Waals surface area contributed by atoms with Crippen LogP contribution < -0.4 is 10.6 Å². The fraction of sp³-hybridized carbons (Fsp3) is 0.636. The number of rotatable bonds is 8. The van der Waals surface area contributed by atoms with E-state index in [4.69, 9.17) is 10.2 Å². The van der Waals surface area contributed by atoms with Crippen LogP contribution in [0.3, 0.4) is 0 Å². The second-order valence-electron chi connectivity index (χ2n) is 3.96. The van der Waals surface area contributed by atoms with Crippen LogP contribution in [-0.4, -0.2) is 65.2 Å². The van der Waals surface area contributed by atoms with E-state index in [0.717, 1.165) is 4.90 Å². The number of carboxylic acid groups (broad SMARTS) is 2. The highest BCUT2D eigenvalue weighted by molar-refractivity contribution is 5.86. The minimum Gasteiger partial charge on any atom is -0.481 e. The molecule has 0 bridgehead atoms. The normalized spacial score (nSPS) is 11.3. The zero-order valence-electron chi connectivity index (χ0n) is 11.4. The number of amides is 3. The van der Waals surface area contributed by atoms with Gasteiger partial charge in [-0.2, -0.15) is 0 Å². The molecule has 0 unspecified atom stereocenters. The van der Waals surface area contributed by atoms with Gasteiger partial charge in [-0.3, -0.25) is 9.59 Å². The molecule has 3 amide bonds. The van der Waals surface area contributed by atoms with Crippen molar-refractivity contribution >= 4 is 23.9 Å². The van der Waals surface area contributed by atoms with Crippen molar-refractivity contribution in [2.24, 2.45) is 0 Å². The molecule has 0 radical (unpaired) electrons. The molecule has 0 aromatic carbocycles. The molecule has 0 saturated heterocycles. The zero-order valence-corrected chi connectivity index (χ0v) is 11.4. The van der Waals surface area contributed by atoms with Crippen LogP contribution in [0.15, 0.2) is 0 Å². The van der Waals surface area contributed by atoms with E-state index in [2.05, 4.69) is 10.6 Å². The van der Waals surface area contributed by atoms with E-state index in [9.17, 15) is 19.2 Å². The van der Waals surface area contributed by atoms with Gasteiger partial charge in [0.2, 0.25) is 5.91 Å². The Morgan fingerprint density at radius 2 is 1.80 bits per heavy atom. The summed E-state index contributed by atoms with van der Waals surface area (Å²) < 4.78 is 0. The van der Waals surface area contributed by atoms with Gasteiger partial charge in [0.05, 0.1) is 0 Å². The van der Waals surface area contributed by atoms with Gasteiger partial charge in [0.1, 0.15) is 12.6 Å². The molecule has 9 nitrogen and oxygen atoms in total. The van der Waals surface area contributed by atoms with Crippen molar-refractivity contribution < 1.29 is 29.4 Å². The molecule has 114 valence electrons. The second-order valence-corrected chi connectivity index (χ2v) is 3.96. The average molecular weight is 289 g/mol. The molecule has 20 heavy (non-hydrogen) atoms. The highest BCUT2D eigenvalue weighted by Crippen LogP contribution is 2.00. The van der Waals surface area contributed by atoms with Crippen LogP contribution in [0.1, 0.15) is 19.8 Å². The van der Waals surface area contributed by atoms with Gasteiger partial charge in [-0.1, -0.05) is 0 Å². The van der Waals surface area contributed by atoms with Crippen molar-refractivity contribution in [3.8, 4) is 0 Å². The van der Waals surface area contributed by atoms with E-state index in [1.165, 1.54) is 7.05 Å². The Morgan fingerprint density at radius 1 is 1.20 bits per heavy atom. The third kappa shape index (κ3) is 6.57. The minimum absolute atomic E-state index is 0.204. The number of nitrogens with one attached hydrogen (secondary N) is 2. The molecular weight excluding hydrogens is 270 g/mol. The quantitative estimate of drug-likeness (QED) is 0.456. The molecule has 0 aliphatic rings. The van der Waals surface area contributed by atoms with Crippen LogP contribution in [0.25, 0.3) is 0 Å². The first-order valence-electron chi connectivity index (χ1n) is 6.02. The van der Waals surface area contributed by atoms with Gasteiger partial charge < -0.3 is 25.7 Å². The van der Waals surface area contributed by atoms with Crippen LogP contribution in [0.4, 0.5) is 4.79 Å². The summed E-state index contributed by atoms with van der Waals surface area (Å²) in [5.41, 5.74) is 0. The number of aliphatic carboxylic acids is 2. The van der Waals surface area contributed by atoms with Gasteiger partial charge >= 0.3 is 18.0 Å². The van der Waals surface area contributed by atoms with Crippen molar-refractivity contribution in [3.63, 3.8) is 0 Å². The Bertz CT molecular complexity index is 384. The van der Waals surface area contributed by atoms with Crippen LogP contribution in [-0.2, 0) is 14.4 Å². The van der Waals surface area contributed by atoms with Gasteiger partial charge in [-0.25, -0.2) is 9.59 Å². The lowest BCUT2D eigenvalue weighted by Gasteiger charge is -2.23. The van der Waals surface area contributed by atoms with Gasteiger partial charge in [-0.05, 0) is 13.3 Å². The fourth-order valence-corrected chi connectivity index (χ4v) is 1.35. The highest BCUT2D eigenvalue weighted by atomic mass is 16.4. The van der Waals surface area contributed by atoms with Crippen molar-refractivity contribution in [3.05, 3.63) is 0 Å². The molecule has 0 rings (SSSR count). The third-order valence-electron chi connectivity index (χ3n) is 2.52. The first-order valence-corrected chi connectivity index (χ1v) is 6.02. The third-order valence-corrected chi connectivity index (χ3v) is 2.52. The van der Waals surface area contributed by atoms with Crippen LogP contribution in [0.2, 0.25) is 0 Å². The number of hydrogen-bond acceptors (Lipinski definition) is 4. The molecule has 0 spiro atoms. The number of likely N-dealkylation sites (N-methyl/N-ethyl adjacent to an activating group) is 2. The number of carboxylic acids is 2. The Kier molecular flexibility index (Phi) is 7.71. The monoisotopic (exact) mass is 289 g/mol. The van der Waals surface area contributed by atoms with Crippen molar-refractivity contribution in [1.82, 2.24) is 15.5 Å². The van der Waals surface area contributed by atoms with E-state index in [1.807, 2.05) is 0 Å². The number of hydrogen-bond donors (Lipinski definition) is 4. The summed E-state index contributed by atoms with van der Waals surface area (Å²) in [4.78, 5) is 45.5. The molecule has 0 aliphatic carbocycles. The van der Waals surface area contributed by atoms with E-state index in [-0.39, 0.29) is 31.8 Å². The summed E-state index contributed by atoms with van der Waals surface area (Å²) in [6.07, 6.45) is -0.604. The number of carbonyl (C=O) groups excluding carboxylic acids is 2. The maximum absolute atomic E-state index is 11.8. The van der Waals surface area contributed by atoms with Crippen molar-refractivity contribution in [1.29, 1.82) is 0 Å². The van der Waals surface area contributed by atoms with Crippen LogP contribution >= 0.6 is 0 Å². The number of urea groups is 1. The standard InChI is InChI=1S/C11H19N3O6/c1-3-14(6-8(15)12-2)11(20)13-7(10(18)19)4-5-9(16)17/h7H,3-6H2,1-2H3,(H,12,15)(H,13,20)(H,16,17)(H,18,19)/t7-/m0/s1. The largest absolute Gasteiger partial charge is 0.481 e. The lowest BCUT2D eigenvalue weighted by atomic mass is 10.1. The lowest BCUT2D eigenvalue weighted by Crippen LogP contribution is -2.50. The fourth-order valence-electron chi connectivity index (χ4n) is 1.35.